The van der Waals surface area contributed by atoms with Gasteiger partial charge in [-0.3, -0.25) is 14.5 Å². The van der Waals surface area contributed by atoms with Gasteiger partial charge in [0, 0.05) is 16.4 Å². The van der Waals surface area contributed by atoms with E-state index in [4.69, 9.17) is 11.6 Å². The number of carbonyl (C=O) groups is 2. The van der Waals surface area contributed by atoms with Gasteiger partial charge in [0.05, 0.1) is 12.6 Å². The van der Waals surface area contributed by atoms with Crippen LogP contribution in [-0.4, -0.2) is 36.3 Å². The summed E-state index contributed by atoms with van der Waals surface area (Å²) in [5, 5.41) is 5.86. The van der Waals surface area contributed by atoms with Crippen LogP contribution < -0.4 is 10.6 Å². The number of likely N-dealkylation sites (N-methyl/N-ethyl adjacent to an activating group) is 1. The summed E-state index contributed by atoms with van der Waals surface area (Å²) in [7, 11) is 1.66. The van der Waals surface area contributed by atoms with Crippen LogP contribution in [0, 0.1) is 5.82 Å². The van der Waals surface area contributed by atoms with Crippen molar-refractivity contribution in [2.45, 2.75) is 13.0 Å². The molecule has 25 heavy (non-hydrogen) atoms. The molecule has 0 radical (unpaired) electrons. The molecule has 2 aromatic carbocycles. The number of hydrogen-bond donors (Lipinski definition) is 2. The summed E-state index contributed by atoms with van der Waals surface area (Å²) in [6, 6.07) is 11.9. The Morgan fingerprint density at radius 1 is 1.12 bits per heavy atom. The summed E-state index contributed by atoms with van der Waals surface area (Å²) in [5.41, 5.74) is 0.955. The van der Waals surface area contributed by atoms with Gasteiger partial charge in [0.1, 0.15) is 5.82 Å². The van der Waals surface area contributed by atoms with Crippen LogP contribution in [0.15, 0.2) is 48.5 Å². The molecule has 2 rings (SSSR count). The van der Waals surface area contributed by atoms with Gasteiger partial charge in [0.25, 0.3) is 0 Å². The molecule has 0 aliphatic heterocycles. The van der Waals surface area contributed by atoms with Gasteiger partial charge in [-0.2, -0.15) is 0 Å². The smallest absolute Gasteiger partial charge is 0.241 e. The molecule has 0 saturated heterocycles. The van der Waals surface area contributed by atoms with E-state index in [-0.39, 0.29) is 18.4 Å². The molecule has 132 valence electrons. The highest BCUT2D eigenvalue weighted by Crippen LogP contribution is 2.15. The predicted octanol–water partition coefficient (Wildman–Crippen LogP) is 3.38. The fourth-order valence-electron chi connectivity index (χ4n) is 2.14. The van der Waals surface area contributed by atoms with E-state index >= 15 is 0 Å². The Balaban J connectivity index is 1.89. The number of amides is 2. The van der Waals surface area contributed by atoms with Crippen molar-refractivity contribution in [2.24, 2.45) is 0 Å². The van der Waals surface area contributed by atoms with Crippen molar-refractivity contribution in [1.29, 1.82) is 0 Å². The molecule has 2 amide bonds. The molecule has 7 heteroatoms. The van der Waals surface area contributed by atoms with Crippen molar-refractivity contribution >= 4 is 34.8 Å². The maximum Gasteiger partial charge on any atom is 0.241 e. The van der Waals surface area contributed by atoms with Crippen LogP contribution in [0.1, 0.15) is 6.92 Å². The van der Waals surface area contributed by atoms with Crippen LogP contribution >= 0.6 is 11.6 Å². The number of carbonyl (C=O) groups excluding carboxylic acids is 2. The zero-order valence-electron chi connectivity index (χ0n) is 13.9. The molecule has 0 spiro atoms. The Bertz CT molecular complexity index is 769. The molecule has 2 aromatic rings. The highest BCUT2D eigenvalue weighted by molar-refractivity contribution is 6.30. The van der Waals surface area contributed by atoms with Crippen molar-refractivity contribution in [3.8, 4) is 0 Å². The lowest BCUT2D eigenvalue weighted by Crippen LogP contribution is -2.43. The number of hydrogen-bond acceptors (Lipinski definition) is 3. The first-order valence-corrected chi connectivity index (χ1v) is 8.05. The molecule has 0 aromatic heterocycles. The van der Waals surface area contributed by atoms with Crippen LogP contribution in [0.2, 0.25) is 5.02 Å². The van der Waals surface area contributed by atoms with Crippen LogP contribution in [0.25, 0.3) is 0 Å². The number of nitrogens with one attached hydrogen (secondary N) is 2. The molecular formula is C18H19ClFN3O2. The Morgan fingerprint density at radius 3 is 2.40 bits per heavy atom. The van der Waals surface area contributed by atoms with E-state index in [0.29, 0.717) is 16.4 Å². The lowest BCUT2D eigenvalue weighted by Gasteiger charge is -2.23. The van der Waals surface area contributed by atoms with Gasteiger partial charge in [-0.1, -0.05) is 23.7 Å². The van der Waals surface area contributed by atoms with E-state index in [1.165, 1.54) is 18.2 Å². The van der Waals surface area contributed by atoms with Crippen molar-refractivity contribution in [2.75, 3.05) is 24.2 Å². The summed E-state index contributed by atoms with van der Waals surface area (Å²) in [5.74, 6) is -1.03. The van der Waals surface area contributed by atoms with Crippen LogP contribution in [0.3, 0.4) is 0 Å². The lowest BCUT2D eigenvalue weighted by atomic mass is 10.2. The van der Waals surface area contributed by atoms with E-state index in [9.17, 15) is 14.0 Å². The Kier molecular flexibility index (Phi) is 6.50. The maximum absolute atomic E-state index is 13.2. The number of rotatable bonds is 6. The van der Waals surface area contributed by atoms with E-state index < -0.39 is 11.9 Å². The molecular weight excluding hydrogens is 345 g/mol. The Morgan fingerprint density at radius 2 is 1.76 bits per heavy atom. The number of anilines is 2. The molecule has 0 fully saturated rings. The highest BCUT2D eigenvalue weighted by Gasteiger charge is 2.20. The minimum Gasteiger partial charge on any atom is -0.325 e. The molecule has 1 unspecified atom stereocenters. The van der Waals surface area contributed by atoms with Gasteiger partial charge in [0.2, 0.25) is 11.8 Å². The van der Waals surface area contributed by atoms with Gasteiger partial charge < -0.3 is 10.6 Å². The Labute approximate surface area is 150 Å². The average molecular weight is 364 g/mol. The number of nitrogens with zero attached hydrogens (tertiary/aromatic N) is 1. The van der Waals surface area contributed by atoms with E-state index in [1.807, 2.05) is 0 Å². The zero-order valence-corrected chi connectivity index (χ0v) is 14.7. The number of benzene rings is 2. The third kappa shape index (κ3) is 5.85. The van der Waals surface area contributed by atoms with Crippen molar-refractivity contribution in [3.63, 3.8) is 0 Å². The Hall–Kier alpha value is -2.44. The van der Waals surface area contributed by atoms with Crippen LogP contribution in [0.4, 0.5) is 15.8 Å². The summed E-state index contributed by atoms with van der Waals surface area (Å²) in [6.45, 7) is 1.69. The summed E-state index contributed by atoms with van der Waals surface area (Å²) >= 11 is 5.87. The normalized spacial score (nSPS) is 11.9. The minimum atomic E-state index is -0.576. The summed E-state index contributed by atoms with van der Waals surface area (Å²) in [4.78, 5) is 25.9. The van der Waals surface area contributed by atoms with Crippen molar-refractivity contribution in [1.82, 2.24) is 4.90 Å². The predicted molar refractivity (Wildman–Crippen MR) is 97.2 cm³/mol. The van der Waals surface area contributed by atoms with Gasteiger partial charge in [-0.25, -0.2) is 4.39 Å². The quantitative estimate of drug-likeness (QED) is 0.827. The topological polar surface area (TPSA) is 61.4 Å². The lowest BCUT2D eigenvalue weighted by molar-refractivity contribution is -0.122. The van der Waals surface area contributed by atoms with Crippen LogP contribution in [0.5, 0.6) is 0 Å². The molecule has 2 N–H and O–H groups in total. The minimum absolute atomic E-state index is 0.0181. The summed E-state index contributed by atoms with van der Waals surface area (Å²) < 4.78 is 13.2. The maximum atomic E-state index is 13.2. The van der Waals surface area contributed by atoms with Gasteiger partial charge in [-0.15, -0.1) is 0 Å². The molecule has 0 bridgehead atoms. The fraction of sp³-hybridized carbons (Fsp3) is 0.222. The molecule has 0 aliphatic rings. The van der Waals surface area contributed by atoms with E-state index in [0.717, 1.165) is 0 Å². The van der Waals surface area contributed by atoms with Crippen LogP contribution in [-0.2, 0) is 9.59 Å². The second-order valence-corrected chi connectivity index (χ2v) is 6.09. The molecule has 0 heterocycles. The second kappa shape index (κ2) is 8.60. The van der Waals surface area contributed by atoms with Gasteiger partial charge >= 0.3 is 0 Å². The third-order valence-corrected chi connectivity index (χ3v) is 3.87. The second-order valence-electron chi connectivity index (χ2n) is 5.65. The molecule has 0 saturated carbocycles. The standard InChI is InChI=1S/C18H19ClFN3O2/c1-12(18(25)22-16-8-4-6-14(20)10-16)23(2)11-17(24)21-15-7-3-5-13(19)9-15/h3-10,12H,11H2,1-2H3,(H,21,24)(H,22,25). The monoisotopic (exact) mass is 363 g/mol. The summed E-state index contributed by atoms with van der Waals surface area (Å²) in [6.07, 6.45) is 0. The van der Waals surface area contributed by atoms with Gasteiger partial charge in [-0.05, 0) is 50.4 Å². The third-order valence-electron chi connectivity index (χ3n) is 3.63. The zero-order chi connectivity index (χ0) is 18.4. The largest absolute Gasteiger partial charge is 0.325 e. The fourth-order valence-corrected chi connectivity index (χ4v) is 2.33. The first kappa shape index (κ1) is 18.9. The van der Waals surface area contributed by atoms with Crippen molar-refractivity contribution in [3.05, 3.63) is 59.4 Å². The van der Waals surface area contributed by atoms with E-state index in [2.05, 4.69) is 10.6 Å². The first-order chi connectivity index (χ1) is 11.8. The molecule has 0 aliphatic carbocycles. The first-order valence-electron chi connectivity index (χ1n) is 7.67. The van der Waals surface area contributed by atoms with E-state index in [1.54, 1.807) is 49.2 Å². The molecule has 5 nitrogen and oxygen atoms in total. The average Bonchev–Trinajstić information content (AvgIpc) is 2.53. The van der Waals surface area contributed by atoms with Crippen molar-refractivity contribution < 1.29 is 14.0 Å². The highest BCUT2D eigenvalue weighted by atomic mass is 35.5. The van der Waals surface area contributed by atoms with Gasteiger partial charge in [0.15, 0.2) is 0 Å². The molecule has 1 atom stereocenters. The number of halogens is 2. The SMILES string of the molecule is CC(C(=O)Nc1cccc(F)c1)N(C)CC(=O)Nc1cccc(Cl)c1.